The second kappa shape index (κ2) is 7.05. The Bertz CT molecular complexity index is 926. The van der Waals surface area contributed by atoms with Gasteiger partial charge in [0.05, 0.1) is 17.5 Å². The van der Waals surface area contributed by atoms with Crippen LogP contribution in [0.4, 0.5) is 0 Å². The smallest absolute Gasteiger partial charge is 0.230 e. The lowest BCUT2D eigenvalue weighted by Crippen LogP contribution is -2.37. The number of carbonyl (C=O) groups is 1. The molecule has 4 rings (SSSR count). The highest BCUT2D eigenvalue weighted by Gasteiger charge is 2.33. The molecule has 8 heteroatoms. The number of benzene rings is 1. The minimum atomic E-state index is -0.209. The van der Waals surface area contributed by atoms with Crippen molar-refractivity contribution in [2.75, 3.05) is 19.7 Å². The third-order valence-electron chi connectivity index (χ3n) is 4.62. The maximum atomic E-state index is 11.7. The number of carbonyl (C=O) groups excluding carboxylic acids is 1. The van der Waals surface area contributed by atoms with E-state index in [1.807, 2.05) is 31.2 Å². The van der Waals surface area contributed by atoms with Crippen molar-refractivity contribution < 1.29 is 14.6 Å². The maximum absolute atomic E-state index is 11.7. The highest BCUT2D eigenvalue weighted by atomic mass is 32.1. The fraction of sp³-hybridized carbons (Fsp3) is 0.389. The molecule has 0 bridgehead atoms. The van der Waals surface area contributed by atoms with Gasteiger partial charge in [-0.3, -0.25) is 9.69 Å². The van der Waals surface area contributed by atoms with Crippen LogP contribution in [0.3, 0.4) is 0 Å². The van der Waals surface area contributed by atoms with E-state index in [-0.39, 0.29) is 17.7 Å². The summed E-state index contributed by atoms with van der Waals surface area (Å²) in [7, 11) is 0. The van der Waals surface area contributed by atoms with E-state index < -0.39 is 0 Å². The molecule has 0 spiro atoms. The lowest BCUT2D eigenvalue weighted by molar-refractivity contribution is -0.121. The molecule has 3 heterocycles. The first-order valence-corrected chi connectivity index (χ1v) is 9.49. The second-order valence-corrected chi connectivity index (χ2v) is 7.20. The number of ketones is 1. The number of aromatic hydroxyl groups is 1. The van der Waals surface area contributed by atoms with Crippen LogP contribution in [0.15, 0.2) is 30.6 Å². The monoisotopic (exact) mass is 372 g/mol. The third-order valence-corrected chi connectivity index (χ3v) is 5.71. The number of hydrogen-bond donors (Lipinski definition) is 1. The van der Waals surface area contributed by atoms with Crippen molar-refractivity contribution in [2.24, 2.45) is 0 Å². The molecule has 1 aliphatic heterocycles. The summed E-state index contributed by atoms with van der Waals surface area (Å²) in [5, 5.41) is 14.8. The van der Waals surface area contributed by atoms with Crippen LogP contribution in [-0.4, -0.2) is 50.1 Å². The Balaban J connectivity index is 1.83. The van der Waals surface area contributed by atoms with Gasteiger partial charge in [0.1, 0.15) is 17.9 Å². The molecule has 2 aromatic heterocycles. The molecule has 1 N–H and O–H groups in total. The summed E-state index contributed by atoms with van der Waals surface area (Å²) in [6, 6.07) is 7.65. The summed E-state index contributed by atoms with van der Waals surface area (Å²) < 4.78 is 7.29. The number of ether oxygens (including phenoxy) is 1. The van der Waals surface area contributed by atoms with Crippen LogP contribution < -0.4 is 4.74 Å². The maximum Gasteiger partial charge on any atom is 0.230 e. The van der Waals surface area contributed by atoms with E-state index in [1.54, 1.807) is 0 Å². The van der Waals surface area contributed by atoms with Gasteiger partial charge in [0.2, 0.25) is 10.8 Å². The minimum Gasteiger partial charge on any atom is -0.494 e. The Morgan fingerprint density at radius 2 is 2.08 bits per heavy atom. The van der Waals surface area contributed by atoms with Gasteiger partial charge in [-0.1, -0.05) is 29.5 Å². The van der Waals surface area contributed by atoms with Crippen LogP contribution in [0.5, 0.6) is 11.6 Å². The minimum absolute atomic E-state index is 0.0932. The summed E-state index contributed by atoms with van der Waals surface area (Å²) in [6.07, 6.45) is 2.47. The van der Waals surface area contributed by atoms with Crippen molar-refractivity contribution in [1.29, 1.82) is 0 Å². The van der Waals surface area contributed by atoms with Gasteiger partial charge in [-0.15, -0.1) is 0 Å². The average molecular weight is 372 g/mol. The SMILES string of the molecule is CCOc1ccccc1C(c1sc2ncnn2c1O)N1CCC(=O)CC1. The van der Waals surface area contributed by atoms with Gasteiger partial charge in [-0.2, -0.15) is 9.61 Å². The lowest BCUT2D eigenvalue weighted by atomic mass is 9.99. The van der Waals surface area contributed by atoms with Crippen molar-refractivity contribution in [3.05, 3.63) is 41.0 Å². The molecule has 0 amide bonds. The summed E-state index contributed by atoms with van der Waals surface area (Å²) in [5.74, 6) is 1.16. The van der Waals surface area contributed by atoms with Crippen molar-refractivity contribution in [2.45, 2.75) is 25.8 Å². The number of nitrogens with zero attached hydrogens (tertiary/aromatic N) is 4. The molecule has 7 nitrogen and oxygen atoms in total. The molecule has 0 radical (unpaired) electrons. The number of aromatic nitrogens is 3. The zero-order chi connectivity index (χ0) is 18.1. The molecule has 1 aromatic carbocycles. The first-order valence-electron chi connectivity index (χ1n) is 8.68. The van der Waals surface area contributed by atoms with E-state index in [0.29, 0.717) is 37.5 Å². The van der Waals surface area contributed by atoms with Gasteiger partial charge in [0.25, 0.3) is 0 Å². The molecule has 1 saturated heterocycles. The van der Waals surface area contributed by atoms with Crippen LogP contribution in [0.2, 0.25) is 0 Å². The van der Waals surface area contributed by atoms with Crippen LogP contribution in [-0.2, 0) is 4.79 Å². The summed E-state index contributed by atoms with van der Waals surface area (Å²) in [4.78, 5) is 19.6. The standard InChI is InChI=1S/C18H20N4O3S/c1-2-25-14-6-4-3-5-13(14)15(21-9-7-12(23)8-10-21)16-17(24)22-18(26-16)19-11-20-22/h3-6,11,15,24H,2,7-10H2,1H3. The Morgan fingerprint density at radius 1 is 1.31 bits per heavy atom. The van der Waals surface area contributed by atoms with E-state index in [2.05, 4.69) is 15.0 Å². The third kappa shape index (κ3) is 2.95. The Hall–Kier alpha value is -2.45. The van der Waals surface area contributed by atoms with Gasteiger partial charge < -0.3 is 9.84 Å². The van der Waals surface area contributed by atoms with E-state index in [9.17, 15) is 9.90 Å². The predicted octanol–water partition coefficient (Wildman–Crippen LogP) is 2.65. The van der Waals surface area contributed by atoms with Gasteiger partial charge in [0.15, 0.2) is 0 Å². The predicted molar refractivity (Wildman–Crippen MR) is 97.8 cm³/mol. The highest BCUT2D eigenvalue weighted by molar-refractivity contribution is 7.17. The largest absolute Gasteiger partial charge is 0.494 e. The van der Waals surface area contributed by atoms with Gasteiger partial charge in [-0.25, -0.2) is 4.98 Å². The zero-order valence-electron chi connectivity index (χ0n) is 14.5. The fourth-order valence-corrected chi connectivity index (χ4v) is 4.48. The topological polar surface area (TPSA) is 80.0 Å². The summed E-state index contributed by atoms with van der Waals surface area (Å²) in [6.45, 7) is 3.81. The first kappa shape index (κ1) is 17.0. The zero-order valence-corrected chi connectivity index (χ0v) is 15.3. The number of likely N-dealkylation sites (tertiary alicyclic amines) is 1. The van der Waals surface area contributed by atoms with E-state index in [1.165, 1.54) is 22.2 Å². The Kier molecular flexibility index (Phi) is 4.60. The van der Waals surface area contributed by atoms with Crippen LogP contribution in [0, 0.1) is 0 Å². The summed E-state index contributed by atoms with van der Waals surface area (Å²) >= 11 is 1.41. The Morgan fingerprint density at radius 3 is 2.81 bits per heavy atom. The van der Waals surface area contributed by atoms with Crippen LogP contribution in [0.1, 0.15) is 36.2 Å². The molecule has 136 valence electrons. The molecule has 26 heavy (non-hydrogen) atoms. The average Bonchev–Trinajstić information content (AvgIpc) is 3.22. The number of hydrogen-bond acceptors (Lipinski definition) is 7. The van der Waals surface area contributed by atoms with Gasteiger partial charge in [0, 0.05) is 31.5 Å². The molecule has 0 saturated carbocycles. The highest BCUT2D eigenvalue weighted by Crippen LogP contribution is 2.43. The van der Waals surface area contributed by atoms with Crippen molar-refractivity contribution >= 4 is 22.1 Å². The molecule has 0 aliphatic carbocycles. The van der Waals surface area contributed by atoms with E-state index in [0.717, 1.165) is 16.2 Å². The number of Topliss-reactive ketones (excluding diaryl/α,β-unsaturated/α-hetero) is 1. The molecule has 1 atom stereocenters. The van der Waals surface area contributed by atoms with Crippen molar-refractivity contribution in [3.8, 4) is 11.6 Å². The quantitative estimate of drug-likeness (QED) is 0.742. The second-order valence-electron chi connectivity index (χ2n) is 6.19. The Labute approximate surface area is 154 Å². The first-order chi connectivity index (χ1) is 12.7. The van der Waals surface area contributed by atoms with Crippen molar-refractivity contribution in [3.63, 3.8) is 0 Å². The molecule has 3 aromatic rings. The normalized spacial score (nSPS) is 16.9. The molecule has 1 unspecified atom stereocenters. The fourth-order valence-electron chi connectivity index (χ4n) is 3.40. The molecule has 1 fully saturated rings. The number of fused-ring (bicyclic) bond motifs is 1. The molecular formula is C18H20N4O3S. The lowest BCUT2D eigenvalue weighted by Gasteiger charge is -2.34. The van der Waals surface area contributed by atoms with Gasteiger partial charge >= 0.3 is 0 Å². The molecular weight excluding hydrogens is 352 g/mol. The number of thiazole rings is 1. The van der Waals surface area contributed by atoms with Crippen molar-refractivity contribution in [1.82, 2.24) is 19.5 Å². The number of rotatable bonds is 5. The summed E-state index contributed by atoms with van der Waals surface area (Å²) in [5.41, 5.74) is 0.975. The number of piperidine rings is 1. The molecule has 1 aliphatic rings. The number of para-hydroxylation sites is 1. The van der Waals surface area contributed by atoms with Crippen LogP contribution in [0.25, 0.3) is 4.96 Å². The van der Waals surface area contributed by atoms with Gasteiger partial charge in [-0.05, 0) is 13.0 Å². The van der Waals surface area contributed by atoms with E-state index in [4.69, 9.17) is 4.74 Å². The van der Waals surface area contributed by atoms with E-state index >= 15 is 0 Å². The van der Waals surface area contributed by atoms with Crippen LogP contribution >= 0.6 is 11.3 Å².